The van der Waals surface area contributed by atoms with Gasteiger partial charge in [-0.05, 0) is 78.9 Å². The number of fused-ring (bicyclic) bond motifs is 1. The van der Waals surface area contributed by atoms with Crippen molar-refractivity contribution in [1.29, 1.82) is 0 Å². The fourth-order valence-corrected chi connectivity index (χ4v) is 8.95. The summed E-state index contributed by atoms with van der Waals surface area (Å²) in [5.41, 5.74) is 0.620. The van der Waals surface area contributed by atoms with Crippen molar-refractivity contribution in [2.75, 3.05) is 0 Å². The van der Waals surface area contributed by atoms with E-state index >= 15 is 0 Å². The molecule has 4 rings (SSSR count). The van der Waals surface area contributed by atoms with E-state index < -0.39 is 0 Å². The van der Waals surface area contributed by atoms with Crippen LogP contribution in [0.25, 0.3) is 0 Å². The second kappa shape index (κ2) is 9.43. The molecule has 0 aromatic heterocycles. The molecule has 0 aliphatic heterocycles. The minimum atomic E-state index is 0.620. The molecule has 4 aliphatic rings. The zero-order chi connectivity index (χ0) is 19.6. The second-order valence-electron chi connectivity index (χ2n) is 12.1. The van der Waals surface area contributed by atoms with E-state index in [9.17, 15) is 0 Å². The van der Waals surface area contributed by atoms with Crippen molar-refractivity contribution in [2.45, 2.75) is 130 Å². The van der Waals surface area contributed by atoms with Crippen LogP contribution in [-0.2, 0) is 0 Å². The predicted octanol–water partition coefficient (Wildman–Crippen LogP) is 9.03. The first-order chi connectivity index (χ1) is 13.6. The van der Waals surface area contributed by atoms with Crippen LogP contribution >= 0.6 is 0 Å². The molecule has 6 unspecified atom stereocenters. The van der Waals surface area contributed by atoms with E-state index in [2.05, 4.69) is 20.8 Å². The monoisotopic (exact) mass is 386 g/mol. The molecule has 0 aromatic rings. The Hall–Kier alpha value is 0. The Kier molecular flexibility index (Phi) is 7.15. The summed E-state index contributed by atoms with van der Waals surface area (Å²) in [6, 6.07) is 0. The van der Waals surface area contributed by atoms with Crippen molar-refractivity contribution in [3.8, 4) is 0 Å². The van der Waals surface area contributed by atoms with E-state index in [0.717, 1.165) is 41.4 Å². The maximum absolute atomic E-state index is 2.73. The molecule has 0 bridgehead atoms. The third kappa shape index (κ3) is 4.37. The van der Waals surface area contributed by atoms with Crippen LogP contribution in [0, 0.1) is 46.8 Å². The van der Waals surface area contributed by atoms with E-state index in [1.807, 2.05) is 0 Å². The van der Waals surface area contributed by atoms with Crippen LogP contribution in [0.15, 0.2) is 0 Å². The largest absolute Gasteiger partial charge is 0.0649 e. The third-order valence-electron chi connectivity index (χ3n) is 10.6. The van der Waals surface area contributed by atoms with Gasteiger partial charge in [0.2, 0.25) is 0 Å². The van der Waals surface area contributed by atoms with Gasteiger partial charge in [-0.1, -0.05) is 97.8 Å². The maximum Gasteiger partial charge on any atom is -0.0297 e. The molecule has 0 nitrogen and oxygen atoms in total. The van der Waals surface area contributed by atoms with E-state index in [4.69, 9.17) is 0 Å². The van der Waals surface area contributed by atoms with Crippen LogP contribution in [0.3, 0.4) is 0 Å². The molecule has 0 heteroatoms. The number of hydrogen-bond donors (Lipinski definition) is 0. The molecular formula is C28H50. The number of hydrogen-bond acceptors (Lipinski definition) is 0. The highest BCUT2D eigenvalue weighted by molar-refractivity contribution is 4.98. The van der Waals surface area contributed by atoms with Gasteiger partial charge in [0.05, 0.1) is 0 Å². The molecule has 0 saturated heterocycles. The van der Waals surface area contributed by atoms with Crippen molar-refractivity contribution in [1.82, 2.24) is 0 Å². The van der Waals surface area contributed by atoms with Gasteiger partial charge < -0.3 is 0 Å². The first kappa shape index (κ1) is 21.2. The second-order valence-corrected chi connectivity index (χ2v) is 12.1. The Morgan fingerprint density at radius 2 is 1.39 bits per heavy atom. The molecule has 0 aromatic carbocycles. The normalized spacial score (nSPS) is 38.7. The lowest BCUT2D eigenvalue weighted by atomic mass is 9.57. The molecule has 0 spiro atoms. The average Bonchev–Trinajstić information content (AvgIpc) is 3.09. The van der Waals surface area contributed by atoms with Crippen LogP contribution in [0.5, 0.6) is 0 Å². The zero-order valence-electron chi connectivity index (χ0n) is 19.6. The highest BCUT2D eigenvalue weighted by atomic mass is 14.5. The fraction of sp³-hybridized carbons (Fsp3) is 1.00. The Bertz CT molecular complexity index is 468. The van der Waals surface area contributed by atoms with Crippen LogP contribution in [0.1, 0.15) is 130 Å². The first-order valence-corrected chi connectivity index (χ1v) is 13.6. The van der Waals surface area contributed by atoms with Gasteiger partial charge in [-0.3, -0.25) is 0 Å². The van der Waals surface area contributed by atoms with Gasteiger partial charge in [0, 0.05) is 0 Å². The zero-order valence-corrected chi connectivity index (χ0v) is 19.6. The molecule has 6 atom stereocenters. The lowest BCUT2D eigenvalue weighted by molar-refractivity contribution is 0.0201. The molecule has 162 valence electrons. The SMILES string of the molecule is CCC(C)(CC(C1CCCCC1)C1C(C)CC2CCCCC21)C1CCCCC1. The smallest absolute Gasteiger partial charge is 0.0297 e. The van der Waals surface area contributed by atoms with Crippen molar-refractivity contribution >= 4 is 0 Å². The summed E-state index contributed by atoms with van der Waals surface area (Å²) in [7, 11) is 0. The molecular weight excluding hydrogens is 336 g/mol. The van der Waals surface area contributed by atoms with Gasteiger partial charge >= 0.3 is 0 Å². The minimum absolute atomic E-state index is 0.620. The summed E-state index contributed by atoms with van der Waals surface area (Å²) < 4.78 is 0. The summed E-state index contributed by atoms with van der Waals surface area (Å²) in [4.78, 5) is 0. The maximum atomic E-state index is 2.73. The highest BCUT2D eigenvalue weighted by Crippen LogP contribution is 2.58. The average molecular weight is 387 g/mol. The van der Waals surface area contributed by atoms with Gasteiger partial charge in [-0.2, -0.15) is 0 Å². The Morgan fingerprint density at radius 3 is 2.07 bits per heavy atom. The predicted molar refractivity (Wildman–Crippen MR) is 122 cm³/mol. The van der Waals surface area contributed by atoms with Gasteiger partial charge in [0.15, 0.2) is 0 Å². The first-order valence-electron chi connectivity index (χ1n) is 13.6. The Labute approximate surface area is 177 Å². The summed E-state index contributed by atoms with van der Waals surface area (Å²) >= 11 is 0. The quantitative estimate of drug-likeness (QED) is 0.427. The fourth-order valence-electron chi connectivity index (χ4n) is 8.95. The Balaban J connectivity index is 1.57. The van der Waals surface area contributed by atoms with Crippen LogP contribution in [-0.4, -0.2) is 0 Å². The Morgan fingerprint density at radius 1 is 0.786 bits per heavy atom. The van der Waals surface area contributed by atoms with Crippen LogP contribution in [0.4, 0.5) is 0 Å². The summed E-state index contributed by atoms with van der Waals surface area (Å²) in [5, 5.41) is 0. The van der Waals surface area contributed by atoms with Crippen molar-refractivity contribution in [2.24, 2.45) is 46.8 Å². The lowest BCUT2D eigenvalue weighted by Gasteiger charge is -2.48. The lowest BCUT2D eigenvalue weighted by Crippen LogP contribution is -2.39. The molecule has 0 N–H and O–H groups in total. The van der Waals surface area contributed by atoms with Gasteiger partial charge in [-0.25, -0.2) is 0 Å². The number of rotatable bonds is 6. The molecule has 0 radical (unpaired) electrons. The molecule has 0 amide bonds. The van der Waals surface area contributed by atoms with Crippen molar-refractivity contribution in [3.05, 3.63) is 0 Å². The summed E-state index contributed by atoms with van der Waals surface area (Å²) in [6.07, 6.45) is 26.1. The van der Waals surface area contributed by atoms with Gasteiger partial charge in [-0.15, -0.1) is 0 Å². The van der Waals surface area contributed by atoms with E-state index in [0.29, 0.717) is 5.41 Å². The van der Waals surface area contributed by atoms with Crippen LogP contribution < -0.4 is 0 Å². The van der Waals surface area contributed by atoms with E-state index in [1.165, 1.54) is 70.6 Å². The minimum Gasteiger partial charge on any atom is -0.0649 e. The third-order valence-corrected chi connectivity index (χ3v) is 10.6. The van der Waals surface area contributed by atoms with Gasteiger partial charge in [0.1, 0.15) is 0 Å². The van der Waals surface area contributed by atoms with E-state index in [1.54, 1.807) is 38.5 Å². The standard InChI is InChI=1S/C28H50/c1-4-28(3,24-16-9-6-10-17-24)20-26(22-13-7-5-8-14-22)27-21(2)19-23-15-11-12-18-25(23)27/h21-27H,4-20H2,1-3H3. The van der Waals surface area contributed by atoms with Crippen molar-refractivity contribution in [3.63, 3.8) is 0 Å². The van der Waals surface area contributed by atoms with Gasteiger partial charge in [0.25, 0.3) is 0 Å². The molecule has 4 saturated carbocycles. The molecule has 4 fully saturated rings. The summed E-state index contributed by atoms with van der Waals surface area (Å²) in [5.74, 6) is 7.42. The molecule has 28 heavy (non-hydrogen) atoms. The highest BCUT2D eigenvalue weighted by Gasteiger charge is 2.49. The molecule has 4 aliphatic carbocycles. The molecule has 0 heterocycles. The van der Waals surface area contributed by atoms with Crippen molar-refractivity contribution < 1.29 is 0 Å². The van der Waals surface area contributed by atoms with E-state index in [-0.39, 0.29) is 0 Å². The summed E-state index contributed by atoms with van der Waals surface area (Å²) in [6.45, 7) is 7.94. The topological polar surface area (TPSA) is 0 Å². The van der Waals surface area contributed by atoms with Crippen LogP contribution in [0.2, 0.25) is 0 Å².